The third kappa shape index (κ3) is 4.10. The van der Waals surface area contributed by atoms with Crippen LogP contribution in [0, 0.1) is 0 Å². The van der Waals surface area contributed by atoms with Crippen molar-refractivity contribution >= 4 is 17.8 Å². The highest BCUT2D eigenvalue weighted by Gasteiger charge is 2.28. The SMILES string of the molecule is COC(CCP(=O)(c1ccccc1)c1ccccc1)c1ccccc1. The van der Waals surface area contributed by atoms with Crippen molar-refractivity contribution < 1.29 is 9.30 Å². The second kappa shape index (κ2) is 8.29. The van der Waals surface area contributed by atoms with E-state index in [-0.39, 0.29) is 6.10 Å². The summed E-state index contributed by atoms with van der Waals surface area (Å²) in [5.74, 6) is 0. The van der Waals surface area contributed by atoms with Crippen molar-refractivity contribution in [2.75, 3.05) is 13.3 Å². The van der Waals surface area contributed by atoms with Gasteiger partial charge in [0.25, 0.3) is 0 Å². The van der Waals surface area contributed by atoms with E-state index in [1.807, 2.05) is 78.9 Å². The van der Waals surface area contributed by atoms with Crippen LogP contribution in [0.5, 0.6) is 0 Å². The minimum atomic E-state index is -2.69. The summed E-state index contributed by atoms with van der Waals surface area (Å²) in [6.07, 6.45) is 1.23. The zero-order chi connectivity index (χ0) is 17.5. The third-order valence-electron chi connectivity index (χ3n) is 4.51. The predicted molar refractivity (Wildman–Crippen MR) is 105 cm³/mol. The fraction of sp³-hybridized carbons (Fsp3) is 0.182. The minimum Gasteiger partial charge on any atom is -0.377 e. The van der Waals surface area contributed by atoms with E-state index in [1.54, 1.807) is 7.11 Å². The van der Waals surface area contributed by atoms with Crippen LogP contribution >= 0.6 is 7.14 Å². The molecule has 0 aliphatic heterocycles. The fourth-order valence-electron chi connectivity index (χ4n) is 3.13. The van der Waals surface area contributed by atoms with E-state index in [9.17, 15) is 4.57 Å². The number of rotatable bonds is 7. The van der Waals surface area contributed by atoms with Crippen LogP contribution < -0.4 is 10.6 Å². The van der Waals surface area contributed by atoms with Gasteiger partial charge in [0.2, 0.25) is 0 Å². The zero-order valence-corrected chi connectivity index (χ0v) is 15.3. The molecule has 3 rings (SSSR count). The largest absolute Gasteiger partial charge is 0.377 e. The Kier molecular flexibility index (Phi) is 5.86. The Hall–Kier alpha value is -2.15. The van der Waals surface area contributed by atoms with Gasteiger partial charge in [0.05, 0.1) is 6.10 Å². The molecule has 0 aliphatic rings. The average Bonchev–Trinajstić information content (AvgIpc) is 2.70. The smallest absolute Gasteiger partial charge is 0.143 e. The second-order valence-electron chi connectivity index (χ2n) is 6.06. The lowest BCUT2D eigenvalue weighted by atomic mass is 10.1. The molecular weight excluding hydrogens is 327 g/mol. The van der Waals surface area contributed by atoms with Crippen LogP contribution in [0.25, 0.3) is 0 Å². The highest BCUT2D eigenvalue weighted by atomic mass is 31.2. The van der Waals surface area contributed by atoms with Gasteiger partial charge in [-0.25, -0.2) is 0 Å². The molecule has 0 N–H and O–H groups in total. The van der Waals surface area contributed by atoms with Gasteiger partial charge < -0.3 is 9.30 Å². The van der Waals surface area contributed by atoms with Crippen molar-refractivity contribution in [3.63, 3.8) is 0 Å². The topological polar surface area (TPSA) is 26.3 Å². The molecule has 0 saturated carbocycles. The van der Waals surface area contributed by atoms with Gasteiger partial charge in [-0.3, -0.25) is 0 Å². The maximum atomic E-state index is 14.0. The van der Waals surface area contributed by atoms with Crippen molar-refractivity contribution in [3.05, 3.63) is 96.6 Å². The van der Waals surface area contributed by atoms with E-state index in [4.69, 9.17) is 4.74 Å². The second-order valence-corrected chi connectivity index (χ2v) is 9.02. The molecule has 0 aromatic heterocycles. The summed E-state index contributed by atoms with van der Waals surface area (Å²) in [5.41, 5.74) is 1.12. The van der Waals surface area contributed by atoms with Gasteiger partial charge in [-0.15, -0.1) is 0 Å². The quantitative estimate of drug-likeness (QED) is 0.573. The van der Waals surface area contributed by atoms with Crippen LogP contribution in [0.1, 0.15) is 18.1 Å². The van der Waals surface area contributed by atoms with Crippen LogP contribution in [0.4, 0.5) is 0 Å². The molecule has 1 atom stereocenters. The Balaban J connectivity index is 1.90. The summed E-state index contributed by atoms with van der Waals surface area (Å²) in [6, 6.07) is 29.7. The Bertz CT molecular complexity index is 773. The summed E-state index contributed by atoms with van der Waals surface area (Å²) >= 11 is 0. The Morgan fingerprint density at radius 3 is 1.64 bits per heavy atom. The van der Waals surface area contributed by atoms with Crippen molar-refractivity contribution in [2.24, 2.45) is 0 Å². The average molecular weight is 350 g/mol. The lowest BCUT2D eigenvalue weighted by molar-refractivity contribution is 0.101. The van der Waals surface area contributed by atoms with Gasteiger partial charge in [0.15, 0.2) is 0 Å². The van der Waals surface area contributed by atoms with Crippen molar-refractivity contribution in [1.29, 1.82) is 0 Å². The number of methoxy groups -OCH3 is 1. The number of hydrogen-bond acceptors (Lipinski definition) is 2. The molecule has 3 aromatic carbocycles. The Morgan fingerprint density at radius 2 is 1.20 bits per heavy atom. The first-order valence-corrected chi connectivity index (χ1v) is 10.4. The minimum absolute atomic E-state index is 0.0538. The summed E-state index contributed by atoms with van der Waals surface area (Å²) in [6.45, 7) is 0. The van der Waals surface area contributed by atoms with Gasteiger partial charge in [0.1, 0.15) is 7.14 Å². The summed E-state index contributed by atoms with van der Waals surface area (Å²) in [4.78, 5) is 0. The molecule has 0 spiro atoms. The van der Waals surface area contributed by atoms with Gasteiger partial charge in [-0.1, -0.05) is 91.0 Å². The van der Waals surface area contributed by atoms with Gasteiger partial charge in [-0.2, -0.15) is 0 Å². The third-order valence-corrected chi connectivity index (χ3v) is 7.66. The highest BCUT2D eigenvalue weighted by Crippen LogP contribution is 2.45. The zero-order valence-electron chi connectivity index (χ0n) is 14.4. The van der Waals surface area contributed by atoms with Crippen LogP contribution in [0.2, 0.25) is 0 Å². The number of ether oxygens (including phenoxy) is 1. The van der Waals surface area contributed by atoms with Crippen LogP contribution in [-0.4, -0.2) is 13.3 Å². The van der Waals surface area contributed by atoms with E-state index in [2.05, 4.69) is 12.1 Å². The molecule has 0 bridgehead atoms. The Labute approximate surface area is 149 Å². The molecular formula is C22H23O2P. The van der Waals surface area contributed by atoms with Crippen molar-refractivity contribution in [3.8, 4) is 0 Å². The molecule has 0 fully saturated rings. The number of hydrogen-bond donors (Lipinski definition) is 0. The van der Waals surface area contributed by atoms with E-state index in [0.29, 0.717) is 12.6 Å². The van der Waals surface area contributed by atoms with Crippen molar-refractivity contribution in [2.45, 2.75) is 12.5 Å². The first kappa shape index (κ1) is 17.7. The van der Waals surface area contributed by atoms with E-state index in [0.717, 1.165) is 16.2 Å². The van der Waals surface area contributed by atoms with E-state index in [1.165, 1.54) is 0 Å². The first-order valence-electron chi connectivity index (χ1n) is 8.52. The van der Waals surface area contributed by atoms with Crippen LogP contribution in [-0.2, 0) is 9.30 Å². The molecule has 0 amide bonds. The summed E-state index contributed by atoms with van der Waals surface area (Å²) in [5, 5.41) is 1.81. The standard InChI is InChI=1S/C22H23O2P/c1-24-22(19-11-5-2-6-12-19)17-18-25(23,20-13-7-3-8-14-20)21-15-9-4-10-16-21/h2-16,22H,17-18H2,1H3. The lowest BCUT2D eigenvalue weighted by Crippen LogP contribution is -2.19. The van der Waals surface area contributed by atoms with Gasteiger partial charge >= 0.3 is 0 Å². The summed E-state index contributed by atoms with van der Waals surface area (Å²) in [7, 11) is -0.976. The molecule has 0 radical (unpaired) electrons. The monoisotopic (exact) mass is 350 g/mol. The van der Waals surface area contributed by atoms with Crippen LogP contribution in [0.3, 0.4) is 0 Å². The van der Waals surface area contributed by atoms with E-state index < -0.39 is 7.14 Å². The molecule has 0 heterocycles. The molecule has 128 valence electrons. The first-order chi connectivity index (χ1) is 12.2. The normalized spacial score (nSPS) is 12.7. The maximum absolute atomic E-state index is 14.0. The van der Waals surface area contributed by atoms with E-state index >= 15 is 0 Å². The van der Waals surface area contributed by atoms with Crippen molar-refractivity contribution in [1.82, 2.24) is 0 Å². The lowest BCUT2D eigenvalue weighted by Gasteiger charge is -2.22. The molecule has 25 heavy (non-hydrogen) atoms. The molecule has 0 saturated heterocycles. The Morgan fingerprint density at radius 1 is 0.760 bits per heavy atom. The molecule has 1 unspecified atom stereocenters. The predicted octanol–water partition coefficient (Wildman–Crippen LogP) is 4.78. The fourth-order valence-corrected chi connectivity index (χ4v) is 5.85. The summed E-state index contributed by atoms with van der Waals surface area (Å²) < 4.78 is 19.7. The molecule has 3 heteroatoms. The van der Waals surface area contributed by atoms with Gasteiger partial charge in [-0.05, 0) is 12.0 Å². The maximum Gasteiger partial charge on any atom is 0.143 e. The van der Waals surface area contributed by atoms with Crippen LogP contribution in [0.15, 0.2) is 91.0 Å². The van der Waals surface area contributed by atoms with Gasteiger partial charge in [0, 0.05) is 23.9 Å². The highest BCUT2D eigenvalue weighted by molar-refractivity contribution is 7.78. The number of benzene rings is 3. The molecule has 3 aromatic rings. The molecule has 2 nitrogen and oxygen atoms in total. The molecule has 0 aliphatic carbocycles.